The van der Waals surface area contributed by atoms with Crippen molar-refractivity contribution < 1.29 is 0 Å². The fraction of sp³-hybridized carbons (Fsp3) is 0.286. The third-order valence-electron chi connectivity index (χ3n) is 1.42. The summed E-state index contributed by atoms with van der Waals surface area (Å²) in [5.74, 6) is 5.91. The van der Waals surface area contributed by atoms with Gasteiger partial charge in [0.25, 0.3) is 0 Å². The Balaban J connectivity index is 2.77. The number of rotatable bonds is 1. The van der Waals surface area contributed by atoms with E-state index in [4.69, 9.17) is 11.3 Å². The molecule has 0 aliphatic rings. The Hall–Kier alpha value is -2.12. The van der Waals surface area contributed by atoms with Crippen LogP contribution in [0.1, 0.15) is 5.56 Å². The molecule has 1 heterocycles. The third kappa shape index (κ3) is 2.15. The van der Waals surface area contributed by atoms with E-state index in [1.165, 1.54) is 4.68 Å². The molecule has 0 bridgehead atoms. The van der Waals surface area contributed by atoms with Gasteiger partial charge in [-0.3, -0.25) is 4.68 Å². The molecule has 0 aromatic carbocycles. The molecular formula is C7H8N6. The maximum Gasteiger partial charge on any atom is 0.137 e. The standard InChI is InChI=1S/C7H8N6/c1-13-7(8)6(5-11-13)3-2-4-10-12-9/h5H,4,8H2,1H3. The van der Waals surface area contributed by atoms with Crippen LogP contribution >= 0.6 is 0 Å². The van der Waals surface area contributed by atoms with E-state index < -0.39 is 0 Å². The number of nitrogen functional groups attached to an aromatic ring is 1. The molecule has 0 spiro atoms. The van der Waals surface area contributed by atoms with Crippen molar-refractivity contribution in [3.63, 3.8) is 0 Å². The van der Waals surface area contributed by atoms with E-state index in [0.29, 0.717) is 11.4 Å². The average Bonchev–Trinajstić information content (AvgIpc) is 2.43. The number of azide groups is 1. The first-order valence-corrected chi connectivity index (χ1v) is 3.53. The average molecular weight is 176 g/mol. The van der Waals surface area contributed by atoms with Crippen molar-refractivity contribution in [1.82, 2.24) is 9.78 Å². The van der Waals surface area contributed by atoms with Crippen LogP contribution in [0.15, 0.2) is 11.3 Å². The molecule has 1 aromatic rings. The summed E-state index contributed by atoms with van der Waals surface area (Å²) in [6.07, 6.45) is 1.57. The summed E-state index contributed by atoms with van der Waals surface area (Å²) in [5.41, 5.74) is 14.2. The van der Waals surface area contributed by atoms with Gasteiger partial charge >= 0.3 is 0 Å². The second-order valence-corrected chi connectivity index (χ2v) is 2.26. The molecule has 1 rings (SSSR count). The van der Waals surface area contributed by atoms with E-state index in [1.807, 2.05) is 0 Å². The number of hydrogen-bond donors (Lipinski definition) is 1. The van der Waals surface area contributed by atoms with Gasteiger partial charge in [0.05, 0.1) is 18.3 Å². The zero-order valence-corrected chi connectivity index (χ0v) is 7.10. The van der Waals surface area contributed by atoms with Crippen molar-refractivity contribution in [2.24, 2.45) is 12.2 Å². The van der Waals surface area contributed by atoms with Crippen molar-refractivity contribution in [2.45, 2.75) is 0 Å². The highest BCUT2D eigenvalue weighted by Crippen LogP contribution is 2.06. The van der Waals surface area contributed by atoms with Gasteiger partial charge in [-0.05, 0) is 5.53 Å². The lowest BCUT2D eigenvalue weighted by Crippen LogP contribution is -1.98. The lowest BCUT2D eigenvalue weighted by atomic mass is 10.3. The zero-order chi connectivity index (χ0) is 9.68. The lowest BCUT2D eigenvalue weighted by molar-refractivity contribution is 0.779. The fourth-order valence-electron chi connectivity index (χ4n) is 0.745. The molecule has 0 amide bonds. The molecule has 2 N–H and O–H groups in total. The second-order valence-electron chi connectivity index (χ2n) is 2.26. The molecule has 66 valence electrons. The monoisotopic (exact) mass is 176 g/mol. The Morgan fingerprint density at radius 3 is 3.15 bits per heavy atom. The van der Waals surface area contributed by atoms with Crippen LogP contribution in [-0.4, -0.2) is 16.3 Å². The number of nitrogens with zero attached hydrogens (tertiary/aromatic N) is 5. The van der Waals surface area contributed by atoms with Gasteiger partial charge in [-0.15, -0.1) is 0 Å². The third-order valence-corrected chi connectivity index (χ3v) is 1.42. The van der Waals surface area contributed by atoms with Gasteiger partial charge in [0.1, 0.15) is 5.82 Å². The van der Waals surface area contributed by atoms with Gasteiger partial charge in [-0.1, -0.05) is 17.0 Å². The number of hydrogen-bond acceptors (Lipinski definition) is 3. The highest BCUT2D eigenvalue weighted by atomic mass is 15.3. The van der Waals surface area contributed by atoms with Crippen LogP contribution in [-0.2, 0) is 7.05 Å². The minimum absolute atomic E-state index is 0.144. The molecule has 0 atom stereocenters. The first-order valence-electron chi connectivity index (χ1n) is 3.53. The first-order chi connectivity index (χ1) is 6.25. The summed E-state index contributed by atoms with van der Waals surface area (Å²) in [5, 5.41) is 7.16. The van der Waals surface area contributed by atoms with Crippen LogP contribution in [0, 0.1) is 11.8 Å². The van der Waals surface area contributed by atoms with Crippen LogP contribution < -0.4 is 5.73 Å². The molecule has 6 heteroatoms. The molecule has 0 saturated carbocycles. The van der Waals surface area contributed by atoms with Crippen LogP contribution in [0.25, 0.3) is 10.4 Å². The van der Waals surface area contributed by atoms with Crippen molar-refractivity contribution in [2.75, 3.05) is 12.3 Å². The summed E-state index contributed by atoms with van der Waals surface area (Å²) in [6.45, 7) is 0.144. The van der Waals surface area contributed by atoms with Crippen molar-refractivity contribution >= 4 is 5.82 Å². The minimum atomic E-state index is 0.144. The SMILES string of the molecule is Cn1ncc(C#CCN=[N+]=[N-])c1N. The quantitative estimate of drug-likeness (QED) is 0.294. The maximum atomic E-state index is 7.97. The van der Waals surface area contributed by atoms with E-state index in [-0.39, 0.29) is 6.54 Å². The molecule has 0 aliphatic heterocycles. The van der Waals surface area contributed by atoms with Gasteiger partial charge in [0, 0.05) is 12.0 Å². The summed E-state index contributed by atoms with van der Waals surface area (Å²) in [4.78, 5) is 2.56. The van der Waals surface area contributed by atoms with Crippen LogP contribution in [0.4, 0.5) is 5.82 Å². The van der Waals surface area contributed by atoms with Gasteiger partial charge in [-0.2, -0.15) is 5.10 Å². The molecule has 0 radical (unpaired) electrons. The van der Waals surface area contributed by atoms with E-state index in [0.717, 1.165) is 0 Å². The predicted molar refractivity (Wildman–Crippen MR) is 48.5 cm³/mol. The summed E-state index contributed by atoms with van der Waals surface area (Å²) < 4.78 is 1.53. The molecule has 13 heavy (non-hydrogen) atoms. The highest BCUT2D eigenvalue weighted by Gasteiger charge is 1.98. The van der Waals surface area contributed by atoms with E-state index >= 15 is 0 Å². The molecule has 0 aliphatic carbocycles. The van der Waals surface area contributed by atoms with Crippen LogP contribution in [0.3, 0.4) is 0 Å². The number of aryl methyl sites for hydroxylation is 1. The van der Waals surface area contributed by atoms with Crippen LogP contribution in [0.2, 0.25) is 0 Å². The number of anilines is 1. The van der Waals surface area contributed by atoms with Crippen molar-refractivity contribution in [1.29, 1.82) is 0 Å². The molecule has 1 aromatic heterocycles. The maximum absolute atomic E-state index is 7.97. The van der Waals surface area contributed by atoms with Crippen molar-refractivity contribution in [3.05, 3.63) is 22.2 Å². The van der Waals surface area contributed by atoms with Gasteiger partial charge in [0.2, 0.25) is 0 Å². The highest BCUT2D eigenvalue weighted by molar-refractivity contribution is 5.50. The summed E-state index contributed by atoms with van der Waals surface area (Å²) in [6, 6.07) is 0. The Labute approximate surface area is 75.0 Å². The molecule has 0 unspecified atom stereocenters. The summed E-state index contributed by atoms with van der Waals surface area (Å²) >= 11 is 0. The molecule has 0 fully saturated rings. The normalized spacial score (nSPS) is 8.38. The minimum Gasteiger partial charge on any atom is -0.383 e. The Kier molecular flexibility index (Phi) is 2.79. The van der Waals surface area contributed by atoms with E-state index in [2.05, 4.69) is 27.0 Å². The van der Waals surface area contributed by atoms with Crippen LogP contribution in [0.5, 0.6) is 0 Å². The van der Waals surface area contributed by atoms with Gasteiger partial charge in [-0.25, -0.2) is 0 Å². The predicted octanol–water partition coefficient (Wildman–Crippen LogP) is 0.664. The lowest BCUT2D eigenvalue weighted by Gasteiger charge is -1.91. The first kappa shape index (κ1) is 8.97. The number of nitrogens with two attached hydrogens (primary N) is 1. The largest absolute Gasteiger partial charge is 0.383 e. The van der Waals surface area contributed by atoms with E-state index in [1.54, 1.807) is 13.2 Å². The van der Waals surface area contributed by atoms with E-state index in [9.17, 15) is 0 Å². The second kappa shape index (κ2) is 4.04. The van der Waals surface area contributed by atoms with Gasteiger partial charge < -0.3 is 5.73 Å². The Bertz CT molecular complexity index is 400. The smallest absolute Gasteiger partial charge is 0.137 e. The zero-order valence-electron chi connectivity index (χ0n) is 7.10. The Morgan fingerprint density at radius 1 is 1.85 bits per heavy atom. The number of aromatic nitrogens is 2. The molecular weight excluding hydrogens is 168 g/mol. The summed E-state index contributed by atoms with van der Waals surface area (Å²) in [7, 11) is 1.73. The van der Waals surface area contributed by atoms with Gasteiger partial charge in [0.15, 0.2) is 0 Å². The Morgan fingerprint density at radius 2 is 2.62 bits per heavy atom. The molecule has 0 saturated heterocycles. The molecule has 6 nitrogen and oxygen atoms in total. The van der Waals surface area contributed by atoms with Crippen molar-refractivity contribution in [3.8, 4) is 11.8 Å². The topological polar surface area (TPSA) is 92.6 Å². The fourth-order valence-corrected chi connectivity index (χ4v) is 0.745.